The monoisotopic (exact) mass is 317 g/mol. The van der Waals surface area contributed by atoms with Crippen molar-refractivity contribution in [3.05, 3.63) is 78.1 Å². The molecule has 0 saturated heterocycles. The topological polar surface area (TPSA) is 54.8 Å². The Morgan fingerprint density at radius 1 is 1.08 bits per heavy atom. The number of aromatic nitrogens is 1. The summed E-state index contributed by atoms with van der Waals surface area (Å²) in [4.78, 5) is 16.1. The average Bonchev–Trinajstić information content (AvgIpc) is 3.07. The Morgan fingerprint density at radius 2 is 1.92 bits per heavy atom. The minimum atomic E-state index is -0.580. The molecule has 0 unspecified atom stereocenters. The van der Waals surface area contributed by atoms with Crippen LogP contribution in [-0.4, -0.2) is 21.8 Å². The SMILES string of the molecule is CC(=O)N1N=C(c2cccnc2)O[C@H]1c1cccc2ccccc12. The van der Waals surface area contributed by atoms with Gasteiger partial charge in [-0.1, -0.05) is 42.5 Å². The number of pyridine rings is 1. The zero-order chi connectivity index (χ0) is 16.5. The first-order valence-electron chi connectivity index (χ1n) is 7.67. The molecule has 0 saturated carbocycles. The Bertz CT molecular complexity index is 932. The van der Waals surface area contributed by atoms with E-state index in [-0.39, 0.29) is 5.91 Å². The third-order valence-electron chi connectivity index (χ3n) is 3.96. The molecule has 2 heterocycles. The maximum Gasteiger partial charge on any atom is 0.243 e. The molecule has 118 valence electrons. The Kier molecular flexibility index (Phi) is 3.46. The number of rotatable bonds is 2. The predicted molar refractivity (Wildman–Crippen MR) is 91.1 cm³/mol. The number of carbonyl (C=O) groups excluding carboxylic acids is 1. The number of hydrazone groups is 1. The molecule has 2 aromatic carbocycles. The van der Waals surface area contributed by atoms with E-state index in [0.29, 0.717) is 5.90 Å². The smallest absolute Gasteiger partial charge is 0.243 e. The molecule has 24 heavy (non-hydrogen) atoms. The van der Waals surface area contributed by atoms with Gasteiger partial charge in [0.25, 0.3) is 0 Å². The van der Waals surface area contributed by atoms with Gasteiger partial charge in [0, 0.05) is 24.9 Å². The fourth-order valence-electron chi connectivity index (χ4n) is 2.84. The van der Waals surface area contributed by atoms with Gasteiger partial charge in [0.2, 0.25) is 18.0 Å². The van der Waals surface area contributed by atoms with Crippen molar-refractivity contribution in [3.8, 4) is 0 Å². The molecule has 5 nitrogen and oxygen atoms in total. The van der Waals surface area contributed by atoms with Crippen LogP contribution in [0.4, 0.5) is 0 Å². The quantitative estimate of drug-likeness (QED) is 0.727. The van der Waals surface area contributed by atoms with Crippen LogP contribution in [0.25, 0.3) is 10.8 Å². The number of amides is 1. The third-order valence-corrected chi connectivity index (χ3v) is 3.96. The molecule has 0 radical (unpaired) electrons. The van der Waals surface area contributed by atoms with E-state index in [2.05, 4.69) is 10.1 Å². The van der Waals surface area contributed by atoms with Gasteiger partial charge in [0.05, 0.1) is 5.56 Å². The minimum Gasteiger partial charge on any atom is -0.446 e. The summed E-state index contributed by atoms with van der Waals surface area (Å²) in [5.41, 5.74) is 1.65. The zero-order valence-electron chi connectivity index (χ0n) is 13.1. The van der Waals surface area contributed by atoms with Crippen molar-refractivity contribution < 1.29 is 9.53 Å². The molecule has 4 rings (SSSR count). The van der Waals surface area contributed by atoms with E-state index < -0.39 is 6.23 Å². The fourth-order valence-corrected chi connectivity index (χ4v) is 2.84. The Hall–Kier alpha value is -3.21. The normalized spacial score (nSPS) is 16.8. The molecule has 1 aliphatic heterocycles. The van der Waals surface area contributed by atoms with E-state index in [1.54, 1.807) is 12.4 Å². The van der Waals surface area contributed by atoms with Crippen molar-refractivity contribution in [2.45, 2.75) is 13.2 Å². The van der Waals surface area contributed by atoms with Gasteiger partial charge in [0.1, 0.15) is 0 Å². The first-order valence-corrected chi connectivity index (χ1v) is 7.67. The van der Waals surface area contributed by atoms with Gasteiger partial charge in [0.15, 0.2) is 0 Å². The standard InChI is InChI=1S/C19H15N3O2/c1-13(23)22-19(24-18(21-22)15-8-5-11-20-12-15)17-10-4-7-14-6-2-3-9-16(14)17/h2-12,19H,1H3/t19-/m0/s1. The van der Waals surface area contributed by atoms with Gasteiger partial charge in [-0.25, -0.2) is 0 Å². The molecule has 1 aromatic heterocycles. The maximum atomic E-state index is 12.1. The summed E-state index contributed by atoms with van der Waals surface area (Å²) < 4.78 is 6.03. The highest BCUT2D eigenvalue weighted by molar-refractivity contribution is 5.96. The molecule has 0 N–H and O–H groups in total. The van der Waals surface area contributed by atoms with Crippen LogP contribution in [-0.2, 0) is 9.53 Å². The molecule has 5 heteroatoms. The summed E-state index contributed by atoms with van der Waals surface area (Å²) in [6.45, 7) is 1.48. The van der Waals surface area contributed by atoms with Crippen LogP contribution >= 0.6 is 0 Å². The van der Waals surface area contributed by atoms with Gasteiger partial charge in [-0.15, -0.1) is 5.10 Å². The lowest BCUT2D eigenvalue weighted by Gasteiger charge is -2.20. The molecule has 1 amide bonds. The number of nitrogens with zero attached hydrogens (tertiary/aromatic N) is 3. The molecule has 0 aliphatic carbocycles. The number of carbonyl (C=O) groups is 1. The second-order valence-electron chi connectivity index (χ2n) is 5.55. The van der Waals surface area contributed by atoms with Crippen LogP contribution < -0.4 is 0 Å². The first-order chi connectivity index (χ1) is 11.7. The summed E-state index contributed by atoms with van der Waals surface area (Å²) >= 11 is 0. The van der Waals surface area contributed by atoms with E-state index in [9.17, 15) is 4.79 Å². The van der Waals surface area contributed by atoms with Crippen LogP contribution in [0, 0.1) is 0 Å². The van der Waals surface area contributed by atoms with Gasteiger partial charge >= 0.3 is 0 Å². The number of hydrogen-bond donors (Lipinski definition) is 0. The van der Waals surface area contributed by atoms with Gasteiger partial charge in [-0.3, -0.25) is 9.78 Å². The van der Waals surface area contributed by atoms with Crippen molar-refractivity contribution in [2.75, 3.05) is 0 Å². The van der Waals surface area contributed by atoms with Crippen LogP contribution in [0.15, 0.2) is 72.1 Å². The van der Waals surface area contributed by atoms with Crippen LogP contribution in [0.5, 0.6) is 0 Å². The highest BCUT2D eigenvalue weighted by atomic mass is 16.5. The summed E-state index contributed by atoms with van der Waals surface area (Å²) in [6, 6.07) is 17.6. The van der Waals surface area contributed by atoms with E-state index in [1.165, 1.54) is 11.9 Å². The van der Waals surface area contributed by atoms with Crippen molar-refractivity contribution in [1.29, 1.82) is 0 Å². The lowest BCUT2D eigenvalue weighted by Crippen LogP contribution is -2.25. The lowest BCUT2D eigenvalue weighted by atomic mass is 10.0. The Morgan fingerprint density at radius 3 is 2.71 bits per heavy atom. The third kappa shape index (κ3) is 2.40. The van der Waals surface area contributed by atoms with Crippen LogP contribution in [0.2, 0.25) is 0 Å². The first kappa shape index (κ1) is 14.4. The van der Waals surface area contributed by atoms with Crippen LogP contribution in [0.3, 0.4) is 0 Å². The molecule has 0 spiro atoms. The molecule has 0 fully saturated rings. The predicted octanol–water partition coefficient (Wildman–Crippen LogP) is 3.47. The zero-order valence-corrected chi connectivity index (χ0v) is 13.1. The Labute approximate surface area is 139 Å². The maximum absolute atomic E-state index is 12.1. The largest absolute Gasteiger partial charge is 0.446 e. The Balaban J connectivity index is 1.79. The molecule has 1 atom stereocenters. The number of benzene rings is 2. The lowest BCUT2D eigenvalue weighted by molar-refractivity contribution is -0.135. The summed E-state index contributed by atoms with van der Waals surface area (Å²) in [7, 11) is 0. The van der Waals surface area contributed by atoms with Crippen molar-refractivity contribution in [3.63, 3.8) is 0 Å². The average molecular weight is 317 g/mol. The molecule has 1 aliphatic rings. The van der Waals surface area contributed by atoms with Crippen molar-refractivity contribution in [1.82, 2.24) is 9.99 Å². The molecule has 3 aromatic rings. The van der Waals surface area contributed by atoms with Crippen molar-refractivity contribution >= 4 is 22.6 Å². The highest BCUT2D eigenvalue weighted by Crippen LogP contribution is 2.34. The van der Waals surface area contributed by atoms with E-state index >= 15 is 0 Å². The summed E-state index contributed by atoms with van der Waals surface area (Å²) in [5, 5.41) is 7.87. The second-order valence-corrected chi connectivity index (χ2v) is 5.55. The van der Waals surface area contributed by atoms with Gasteiger partial charge in [-0.05, 0) is 22.9 Å². The molecular formula is C19H15N3O2. The minimum absolute atomic E-state index is 0.174. The number of fused-ring (bicyclic) bond motifs is 1. The summed E-state index contributed by atoms with van der Waals surface area (Å²) in [5.74, 6) is 0.225. The van der Waals surface area contributed by atoms with Gasteiger partial charge in [-0.2, -0.15) is 5.01 Å². The highest BCUT2D eigenvalue weighted by Gasteiger charge is 2.34. The molecular weight excluding hydrogens is 302 g/mol. The second kappa shape index (κ2) is 5.77. The van der Waals surface area contributed by atoms with E-state index in [4.69, 9.17) is 4.74 Å². The van der Waals surface area contributed by atoms with Gasteiger partial charge < -0.3 is 4.74 Å². The number of ether oxygens (including phenoxy) is 1. The summed E-state index contributed by atoms with van der Waals surface area (Å²) in [6.07, 6.45) is 2.77. The van der Waals surface area contributed by atoms with Crippen LogP contribution in [0.1, 0.15) is 24.3 Å². The fraction of sp³-hybridized carbons (Fsp3) is 0.105. The van der Waals surface area contributed by atoms with Crippen molar-refractivity contribution in [2.24, 2.45) is 5.10 Å². The molecule has 0 bridgehead atoms. The van der Waals surface area contributed by atoms with E-state index in [0.717, 1.165) is 21.9 Å². The number of hydrogen-bond acceptors (Lipinski definition) is 4. The van der Waals surface area contributed by atoms with E-state index in [1.807, 2.05) is 54.6 Å².